The van der Waals surface area contributed by atoms with Crippen molar-refractivity contribution in [3.63, 3.8) is 0 Å². The first kappa shape index (κ1) is 17.9. The Balaban J connectivity index is 0.000000235. The highest BCUT2D eigenvalue weighted by Gasteiger charge is 2.40. The average molecular weight is 352 g/mol. The van der Waals surface area contributed by atoms with Gasteiger partial charge in [-0.15, -0.1) is 0 Å². The first-order chi connectivity index (χ1) is 9.87. The second-order valence-corrected chi connectivity index (χ2v) is 6.05. The van der Waals surface area contributed by atoms with E-state index < -0.39 is 22.0 Å². The number of rotatable bonds is 2. The molecular weight excluding hydrogens is 337 g/mol. The predicted molar refractivity (Wildman–Crippen MR) is 81.3 cm³/mol. The van der Waals surface area contributed by atoms with E-state index in [4.69, 9.17) is 28.3 Å². The molecule has 0 aliphatic heterocycles. The average Bonchev–Trinajstić information content (AvgIpc) is 2.43. The Kier molecular flexibility index (Phi) is 7.14. The molecule has 1 aromatic rings. The highest BCUT2D eigenvalue weighted by Crippen LogP contribution is 2.31. The van der Waals surface area contributed by atoms with Crippen molar-refractivity contribution in [3.8, 4) is 0 Å². The Bertz CT molecular complexity index is 596. The molecule has 0 amide bonds. The highest BCUT2D eigenvalue weighted by molar-refractivity contribution is 7.61. The maximum absolute atomic E-state index is 10.8. The van der Waals surface area contributed by atoms with Crippen molar-refractivity contribution in [3.05, 3.63) is 34.3 Å². The summed E-state index contributed by atoms with van der Waals surface area (Å²) in [6, 6.07) is 7.19. The van der Waals surface area contributed by atoms with Gasteiger partial charge in [0.2, 0.25) is 0 Å². The van der Waals surface area contributed by atoms with E-state index in [1.54, 1.807) is 12.1 Å². The summed E-state index contributed by atoms with van der Waals surface area (Å²) in [5.41, 5.74) is -1.37. The van der Waals surface area contributed by atoms with Gasteiger partial charge in [0.15, 0.2) is 5.54 Å². The molecule has 0 spiro atoms. The van der Waals surface area contributed by atoms with Crippen LogP contribution in [0.2, 0.25) is 10.0 Å². The smallest absolute Gasteiger partial charge is 0.332 e. The quantitative estimate of drug-likeness (QED) is 0.877. The Hall–Kier alpha value is -1.11. The van der Waals surface area contributed by atoms with Gasteiger partial charge in [-0.1, -0.05) is 54.6 Å². The van der Waals surface area contributed by atoms with Crippen molar-refractivity contribution in [2.24, 2.45) is 4.36 Å². The van der Waals surface area contributed by atoms with Crippen LogP contribution < -0.4 is 0 Å². The normalized spacial score (nSPS) is 16.3. The maximum atomic E-state index is 10.8. The summed E-state index contributed by atoms with van der Waals surface area (Å²) < 4.78 is 24.0. The highest BCUT2D eigenvalue weighted by atomic mass is 35.5. The molecule has 21 heavy (non-hydrogen) atoms. The van der Waals surface area contributed by atoms with Gasteiger partial charge in [-0.25, -0.2) is 4.79 Å². The predicted octanol–water partition coefficient (Wildman–Crippen LogP) is 3.83. The lowest BCUT2D eigenvalue weighted by Crippen LogP contribution is -2.38. The fourth-order valence-electron chi connectivity index (χ4n) is 2.06. The molecule has 0 radical (unpaired) electrons. The molecule has 1 fully saturated rings. The molecule has 0 unspecified atom stereocenters. The minimum absolute atomic E-state index is 0.330. The number of halogens is 2. The third-order valence-corrected chi connectivity index (χ3v) is 4.41. The SMILES string of the molecule is Clc1ccccc1Cl.O=C(O)C1(N=S(=O)=O)CCCCC1. The largest absolute Gasteiger partial charge is 0.479 e. The van der Waals surface area contributed by atoms with Crippen molar-refractivity contribution < 1.29 is 18.3 Å². The third-order valence-electron chi connectivity index (χ3n) is 3.15. The summed E-state index contributed by atoms with van der Waals surface area (Å²) in [6.07, 6.45) is 3.07. The van der Waals surface area contributed by atoms with Gasteiger partial charge < -0.3 is 5.11 Å². The second kappa shape index (κ2) is 8.36. The fourth-order valence-corrected chi connectivity index (χ4v) is 2.88. The number of nitrogens with zero attached hydrogens (tertiary/aromatic N) is 1. The number of carboxylic acids is 1. The molecule has 0 aromatic heterocycles. The van der Waals surface area contributed by atoms with Crippen molar-refractivity contribution in [2.45, 2.75) is 37.6 Å². The first-order valence-corrected chi connectivity index (χ1v) is 8.12. The number of hydrogen-bond donors (Lipinski definition) is 1. The lowest BCUT2D eigenvalue weighted by molar-refractivity contribution is -0.144. The molecule has 116 valence electrons. The monoisotopic (exact) mass is 351 g/mol. The summed E-state index contributed by atoms with van der Waals surface area (Å²) in [6.45, 7) is 0. The van der Waals surface area contributed by atoms with Gasteiger partial charge in [-0.05, 0) is 25.0 Å². The Morgan fingerprint density at radius 3 is 1.90 bits per heavy atom. The van der Waals surface area contributed by atoms with Gasteiger partial charge in [0.05, 0.1) is 10.0 Å². The van der Waals surface area contributed by atoms with Crippen LogP contribution in [0.4, 0.5) is 0 Å². The topological polar surface area (TPSA) is 83.8 Å². The number of carboxylic acid groups (broad SMARTS) is 1. The Morgan fingerprint density at radius 1 is 1.10 bits per heavy atom. The lowest BCUT2D eigenvalue weighted by Gasteiger charge is -2.26. The Labute approximate surface area is 134 Å². The molecule has 0 saturated heterocycles. The van der Waals surface area contributed by atoms with Crippen LogP contribution in [0, 0.1) is 0 Å². The van der Waals surface area contributed by atoms with Crippen LogP contribution >= 0.6 is 23.2 Å². The van der Waals surface area contributed by atoms with E-state index in [-0.39, 0.29) is 0 Å². The molecule has 2 rings (SSSR count). The number of aliphatic carboxylic acids is 1. The summed E-state index contributed by atoms with van der Waals surface area (Å²) >= 11 is 11.2. The van der Waals surface area contributed by atoms with Gasteiger partial charge in [-0.2, -0.15) is 12.8 Å². The zero-order valence-electron chi connectivity index (χ0n) is 11.1. The van der Waals surface area contributed by atoms with Gasteiger partial charge in [-0.3, -0.25) is 0 Å². The first-order valence-electron chi connectivity index (χ1n) is 6.33. The van der Waals surface area contributed by atoms with E-state index >= 15 is 0 Å². The standard InChI is InChI=1S/C7H11NO4S.C6H4Cl2/c9-6(10)7(8-13(11)12)4-2-1-3-5-7;7-5-3-1-2-4-6(5)8/h1-5H2,(H,9,10);1-4H. The maximum Gasteiger partial charge on any atom is 0.332 e. The summed E-state index contributed by atoms with van der Waals surface area (Å²) in [5.74, 6) is -1.13. The van der Waals surface area contributed by atoms with Crippen molar-refractivity contribution >= 4 is 39.7 Å². The van der Waals surface area contributed by atoms with E-state index in [1.807, 2.05) is 12.1 Å². The van der Waals surface area contributed by atoms with Gasteiger partial charge >= 0.3 is 16.5 Å². The third kappa shape index (κ3) is 5.65. The van der Waals surface area contributed by atoms with Crippen molar-refractivity contribution in [2.75, 3.05) is 0 Å². The summed E-state index contributed by atoms with van der Waals surface area (Å²) in [7, 11) is -2.63. The van der Waals surface area contributed by atoms with Crippen LogP contribution in [0.5, 0.6) is 0 Å². The van der Waals surface area contributed by atoms with E-state index in [2.05, 4.69) is 4.36 Å². The van der Waals surface area contributed by atoms with Gasteiger partial charge in [0, 0.05) is 0 Å². The van der Waals surface area contributed by atoms with E-state index in [9.17, 15) is 13.2 Å². The van der Waals surface area contributed by atoms with Crippen molar-refractivity contribution in [1.82, 2.24) is 0 Å². The van der Waals surface area contributed by atoms with E-state index in [1.165, 1.54) is 0 Å². The molecule has 0 heterocycles. The molecular formula is C13H15Cl2NO4S. The van der Waals surface area contributed by atoms with Crippen LogP contribution in [0.3, 0.4) is 0 Å². The van der Waals surface area contributed by atoms with Crippen LogP contribution in [-0.4, -0.2) is 25.0 Å². The zero-order valence-corrected chi connectivity index (χ0v) is 13.5. The number of carbonyl (C=O) groups is 1. The van der Waals surface area contributed by atoms with Crippen LogP contribution in [-0.2, 0) is 15.3 Å². The molecule has 1 aliphatic rings. The minimum atomic E-state index is -2.63. The molecule has 1 N–H and O–H groups in total. The van der Waals surface area contributed by atoms with Crippen molar-refractivity contribution in [1.29, 1.82) is 0 Å². The van der Waals surface area contributed by atoms with Gasteiger partial charge in [0.25, 0.3) is 0 Å². The fraction of sp³-hybridized carbons (Fsp3) is 0.462. The number of hydrogen-bond acceptors (Lipinski definition) is 4. The minimum Gasteiger partial charge on any atom is -0.479 e. The van der Waals surface area contributed by atoms with Gasteiger partial charge in [0.1, 0.15) is 0 Å². The number of benzene rings is 1. The van der Waals surface area contributed by atoms with Crippen LogP contribution in [0.1, 0.15) is 32.1 Å². The molecule has 5 nitrogen and oxygen atoms in total. The molecule has 1 aliphatic carbocycles. The van der Waals surface area contributed by atoms with E-state index in [0.717, 1.165) is 19.3 Å². The van der Waals surface area contributed by atoms with E-state index in [0.29, 0.717) is 22.9 Å². The zero-order chi connectivity index (χ0) is 15.9. The summed E-state index contributed by atoms with van der Waals surface area (Å²) in [4.78, 5) is 10.8. The van der Waals surface area contributed by atoms with Crippen LogP contribution in [0.25, 0.3) is 0 Å². The molecule has 0 atom stereocenters. The Morgan fingerprint density at radius 2 is 1.57 bits per heavy atom. The van der Waals surface area contributed by atoms with Crippen LogP contribution in [0.15, 0.2) is 28.6 Å². The molecule has 1 aromatic carbocycles. The molecule has 0 bridgehead atoms. The molecule has 8 heteroatoms. The molecule has 1 saturated carbocycles. The second-order valence-electron chi connectivity index (χ2n) is 4.62. The summed E-state index contributed by atoms with van der Waals surface area (Å²) in [5, 5.41) is 10.1. The lowest BCUT2D eigenvalue weighted by atomic mass is 9.83.